The molecule has 0 aliphatic rings. The number of rotatable bonds is 7. The summed E-state index contributed by atoms with van der Waals surface area (Å²) in [6, 6.07) is 12.2. The first kappa shape index (κ1) is 22.3. The van der Waals surface area contributed by atoms with Crippen LogP contribution in [0.15, 0.2) is 96.2 Å². The van der Waals surface area contributed by atoms with Crippen molar-refractivity contribution in [2.75, 3.05) is 5.32 Å². The van der Waals surface area contributed by atoms with Gasteiger partial charge in [-0.15, -0.1) is 0 Å². The fourth-order valence-corrected chi connectivity index (χ4v) is 3.58. The third kappa shape index (κ3) is 5.13. The summed E-state index contributed by atoms with van der Waals surface area (Å²) in [7, 11) is 0. The van der Waals surface area contributed by atoms with Gasteiger partial charge < -0.3 is 0 Å². The number of anilines is 1. The number of aromatic amines is 1. The molecule has 3 heterocycles. The Hall–Kier alpha value is -3.90. The third-order valence-corrected chi connectivity index (χ3v) is 5.43. The Kier molecular flexibility index (Phi) is 6.56. The second-order valence-corrected chi connectivity index (χ2v) is 8.30. The predicted molar refractivity (Wildman–Crippen MR) is 121 cm³/mol. The van der Waals surface area contributed by atoms with Gasteiger partial charge in [0.15, 0.2) is 0 Å². The molecule has 7 nitrogen and oxygen atoms in total. The molecule has 0 aliphatic carbocycles. The molecule has 2 N–H and O–H groups in total. The van der Waals surface area contributed by atoms with E-state index in [0.717, 1.165) is 30.4 Å². The van der Waals surface area contributed by atoms with Gasteiger partial charge >= 0.3 is 189 Å². The number of fused-ring (bicyclic) bond motifs is 1. The third-order valence-electron chi connectivity index (χ3n) is 4.64. The van der Waals surface area contributed by atoms with Gasteiger partial charge in [0.1, 0.15) is 5.82 Å². The van der Waals surface area contributed by atoms with E-state index in [0.29, 0.717) is 15.5 Å². The zero-order valence-electron chi connectivity index (χ0n) is 17.1. The van der Waals surface area contributed by atoms with Gasteiger partial charge in [-0.1, -0.05) is 0 Å². The van der Waals surface area contributed by atoms with E-state index in [9.17, 15) is 14.0 Å². The van der Waals surface area contributed by atoms with Gasteiger partial charge in [-0.2, -0.15) is 0 Å². The molecule has 0 atom stereocenters. The summed E-state index contributed by atoms with van der Waals surface area (Å²) in [4.78, 5) is 32.5. The van der Waals surface area contributed by atoms with Crippen LogP contribution >= 0.6 is 0 Å². The molecule has 164 valence electrons. The van der Waals surface area contributed by atoms with Gasteiger partial charge in [0.2, 0.25) is 0 Å². The van der Waals surface area contributed by atoms with Crippen LogP contribution in [0.3, 0.4) is 0 Å². The van der Waals surface area contributed by atoms with Crippen molar-refractivity contribution in [2.45, 2.75) is 0 Å². The summed E-state index contributed by atoms with van der Waals surface area (Å²) in [6.07, 6.45) is 8.14. The molecule has 0 aliphatic heterocycles. The van der Waals surface area contributed by atoms with Crippen LogP contribution in [0.1, 0.15) is 0 Å². The van der Waals surface area contributed by atoms with Gasteiger partial charge in [0, 0.05) is 0 Å². The molecule has 33 heavy (non-hydrogen) atoms. The molecule has 0 fully saturated rings. The van der Waals surface area contributed by atoms with Crippen molar-refractivity contribution >= 4 is 26.7 Å². The molecular formula is C24H17FN4O3W. The molecular weight excluding hydrogens is 595 g/mol. The zero-order valence-corrected chi connectivity index (χ0v) is 20.1. The van der Waals surface area contributed by atoms with Gasteiger partial charge in [-0.3, -0.25) is 0 Å². The molecule has 1 aromatic carbocycles. The van der Waals surface area contributed by atoms with E-state index in [1.165, 1.54) is 41.0 Å². The Morgan fingerprint density at radius 1 is 1.18 bits per heavy atom. The Morgan fingerprint density at radius 2 is 1.97 bits per heavy atom. The van der Waals surface area contributed by atoms with E-state index in [2.05, 4.69) is 21.9 Å². The fourth-order valence-electron chi connectivity index (χ4n) is 3.01. The first-order valence-electron chi connectivity index (χ1n) is 9.72. The molecule has 0 saturated heterocycles. The fraction of sp³-hybridized carbons (Fsp3) is 0. The predicted octanol–water partition coefficient (Wildman–Crippen LogP) is 3.66. The number of carbonyl (C=O) groups excluding carboxylic acids is 1. The van der Waals surface area contributed by atoms with Crippen LogP contribution in [0.25, 0.3) is 16.7 Å². The minimum atomic E-state index is -0.528. The summed E-state index contributed by atoms with van der Waals surface area (Å²) >= 11 is 1.06. The Balaban J connectivity index is 1.43. The van der Waals surface area contributed by atoms with E-state index < -0.39 is 17.3 Å². The summed E-state index contributed by atoms with van der Waals surface area (Å²) in [5, 5.41) is 3.42. The van der Waals surface area contributed by atoms with E-state index in [-0.39, 0.29) is 11.3 Å². The number of nitrogens with zero attached hydrogens (tertiary/aromatic N) is 2. The van der Waals surface area contributed by atoms with E-state index >= 15 is 0 Å². The number of nitrogens with one attached hydrogen (secondary N) is 2. The Morgan fingerprint density at radius 3 is 2.76 bits per heavy atom. The number of hydrogen-bond donors (Lipinski definition) is 2. The maximum atomic E-state index is 13.2. The molecule has 1 amide bonds. The molecule has 0 unspecified atom stereocenters. The Labute approximate surface area is 198 Å². The number of amides is 1. The van der Waals surface area contributed by atoms with Gasteiger partial charge in [-0.25, -0.2) is 4.39 Å². The van der Waals surface area contributed by atoms with Crippen molar-refractivity contribution in [3.63, 3.8) is 0 Å². The first-order valence-corrected chi connectivity index (χ1v) is 11.2. The first-order chi connectivity index (χ1) is 15.9. The standard InChI is InChI=1S/C24H17FN4O3.W/c1-16(4-3-15-32-21-11-13-27-22-19(21)10-12-26-22)23(30)28-20-5-2-14-29(24(20)31)18-8-6-17(25)7-9-18;/h2-14H,1H2,(H,26,27)(H,28,30);/b4-3-;. The summed E-state index contributed by atoms with van der Waals surface area (Å²) in [5.41, 5.74) is 0.982. The second kappa shape index (κ2) is 9.71. The van der Waals surface area contributed by atoms with Crippen molar-refractivity contribution in [3.05, 3.63) is 108 Å². The van der Waals surface area contributed by atoms with Crippen LogP contribution < -0.4 is 15.6 Å². The molecule has 9 heteroatoms. The van der Waals surface area contributed by atoms with Crippen LogP contribution in [-0.4, -0.2) is 24.5 Å². The molecule has 0 radical (unpaired) electrons. The SMILES string of the molecule is C=C(/C=C\[C](=[W])Oc1ccnc2[nH]ccc12)C(=O)Nc1cccn(-c2ccc(F)cc2)c1=O. The van der Waals surface area contributed by atoms with E-state index in [1.807, 2.05) is 6.07 Å². The van der Waals surface area contributed by atoms with Crippen molar-refractivity contribution < 1.29 is 33.3 Å². The molecule has 0 spiro atoms. The summed E-state index contributed by atoms with van der Waals surface area (Å²) in [6.45, 7) is 3.77. The monoisotopic (exact) mass is 612 g/mol. The zero-order chi connectivity index (χ0) is 23.4. The Bertz CT molecular complexity index is 1450. The number of pyridine rings is 2. The topological polar surface area (TPSA) is 89.0 Å². The average molecular weight is 612 g/mol. The van der Waals surface area contributed by atoms with Crippen molar-refractivity contribution in [1.29, 1.82) is 0 Å². The van der Waals surface area contributed by atoms with Crippen LogP contribution in [0.4, 0.5) is 10.1 Å². The second-order valence-electron chi connectivity index (χ2n) is 6.86. The number of ether oxygens (including phenoxy) is 1. The van der Waals surface area contributed by atoms with Crippen molar-refractivity contribution in [3.8, 4) is 11.4 Å². The van der Waals surface area contributed by atoms with Gasteiger partial charge in [0.25, 0.3) is 0 Å². The van der Waals surface area contributed by atoms with Crippen molar-refractivity contribution in [1.82, 2.24) is 14.5 Å². The average Bonchev–Trinajstić information content (AvgIpc) is 3.29. The van der Waals surface area contributed by atoms with Crippen molar-refractivity contribution in [2.24, 2.45) is 0 Å². The molecule has 4 aromatic rings. The van der Waals surface area contributed by atoms with E-state index in [4.69, 9.17) is 4.74 Å². The number of benzene rings is 1. The van der Waals surface area contributed by atoms with Crippen LogP contribution in [0.2, 0.25) is 0 Å². The number of halogens is 1. The number of aromatic nitrogens is 3. The molecule has 4 rings (SSSR count). The van der Waals surface area contributed by atoms with Crippen LogP contribution in [-0.2, 0) is 24.1 Å². The summed E-state index contributed by atoms with van der Waals surface area (Å²) < 4.78 is 21.0. The molecule has 0 saturated carbocycles. The van der Waals surface area contributed by atoms with Gasteiger partial charge in [0.05, 0.1) is 0 Å². The normalized spacial score (nSPS) is 10.9. The number of carbonyl (C=O) groups is 1. The molecule has 3 aromatic heterocycles. The number of hydrogen-bond acceptors (Lipinski definition) is 4. The van der Waals surface area contributed by atoms with Crippen LogP contribution in [0, 0.1) is 5.82 Å². The number of H-pyrrole nitrogens is 1. The summed E-state index contributed by atoms with van der Waals surface area (Å²) in [5.74, 6) is -0.282. The quantitative estimate of drug-likeness (QED) is 0.247. The minimum absolute atomic E-state index is 0.0792. The maximum absolute atomic E-state index is 13.2. The van der Waals surface area contributed by atoms with Crippen LogP contribution in [0.5, 0.6) is 5.75 Å². The molecule has 0 bridgehead atoms. The van der Waals surface area contributed by atoms with Gasteiger partial charge in [-0.05, 0) is 0 Å². The van der Waals surface area contributed by atoms with E-state index in [1.54, 1.807) is 36.8 Å².